The molecule has 0 aliphatic carbocycles. The highest BCUT2D eigenvalue weighted by Gasteiger charge is 2.56. The second kappa shape index (κ2) is 8.57. The van der Waals surface area contributed by atoms with Crippen LogP contribution in [0.4, 0.5) is 25.2 Å². The number of hydrogen-bond acceptors (Lipinski definition) is 5. The summed E-state index contributed by atoms with van der Waals surface area (Å²) >= 11 is 0. The summed E-state index contributed by atoms with van der Waals surface area (Å²) in [6.45, 7) is 1.53. The van der Waals surface area contributed by atoms with Gasteiger partial charge in [0, 0.05) is 31.3 Å². The van der Waals surface area contributed by atoms with Gasteiger partial charge in [0.25, 0.3) is 11.9 Å². The van der Waals surface area contributed by atoms with Gasteiger partial charge in [0.2, 0.25) is 5.91 Å². The van der Waals surface area contributed by atoms with Crippen molar-refractivity contribution in [3.63, 3.8) is 0 Å². The van der Waals surface area contributed by atoms with Crippen molar-refractivity contribution in [2.24, 2.45) is 7.05 Å². The molecule has 0 unspecified atom stereocenters. The lowest BCUT2D eigenvalue weighted by Gasteiger charge is -2.50. The average Bonchev–Trinajstić information content (AvgIpc) is 3.27. The smallest absolute Gasteiger partial charge is 0.307 e. The quantitative estimate of drug-likeness (QED) is 0.515. The van der Waals surface area contributed by atoms with Crippen LogP contribution >= 0.6 is 0 Å². The number of imide groups is 1. The second-order valence-corrected chi connectivity index (χ2v) is 8.69. The zero-order chi connectivity index (χ0) is 25.6. The first-order valence-electron chi connectivity index (χ1n) is 11.1. The second-order valence-electron chi connectivity index (χ2n) is 8.69. The van der Waals surface area contributed by atoms with Crippen LogP contribution in [0, 0.1) is 23.5 Å². The minimum Gasteiger partial charge on any atom is -0.307 e. The molecular weight excluding hydrogens is 470 g/mol. The van der Waals surface area contributed by atoms with Crippen molar-refractivity contribution in [1.29, 1.82) is 0 Å². The normalized spacial score (nSPS) is 19.8. The number of amides is 4. The number of fused-ring (bicyclic) bond motifs is 1. The molecule has 11 heteroatoms. The van der Waals surface area contributed by atoms with E-state index in [1.165, 1.54) is 22.8 Å². The molecule has 0 spiro atoms. The van der Waals surface area contributed by atoms with Crippen molar-refractivity contribution in [2.75, 3.05) is 22.9 Å². The van der Waals surface area contributed by atoms with Crippen LogP contribution in [0.25, 0.3) is 0 Å². The third-order valence-corrected chi connectivity index (χ3v) is 6.21. The highest BCUT2D eigenvalue weighted by Crippen LogP contribution is 2.37. The number of aromatic nitrogens is 3. The van der Waals surface area contributed by atoms with Crippen molar-refractivity contribution in [3.05, 3.63) is 71.6 Å². The van der Waals surface area contributed by atoms with E-state index in [-0.39, 0.29) is 24.6 Å². The zero-order valence-corrected chi connectivity index (χ0v) is 19.4. The van der Waals surface area contributed by atoms with Gasteiger partial charge in [-0.25, -0.2) is 23.5 Å². The standard InChI is InChI=1S/C25H20F2N6O3/c1-25-14-20(34)33(24(36)32(25)11-10-31(22(25)35)23-28-15-30(2)29-23)21-18(26)12-17(13-19(21)27)9-8-16-6-4-3-5-7-16/h3-7,12-13,15H,10-11,14H2,1-2H3/t25-/m0/s1. The molecule has 2 aliphatic heterocycles. The molecule has 0 bridgehead atoms. The van der Waals surface area contributed by atoms with E-state index in [2.05, 4.69) is 21.9 Å². The number of nitrogens with zero attached hydrogens (tertiary/aromatic N) is 6. The fraction of sp³-hybridized carbons (Fsp3) is 0.240. The van der Waals surface area contributed by atoms with Gasteiger partial charge in [-0.3, -0.25) is 19.2 Å². The number of piperazine rings is 1. The van der Waals surface area contributed by atoms with Crippen LogP contribution in [-0.2, 0) is 16.6 Å². The number of benzene rings is 2. The first kappa shape index (κ1) is 23.2. The first-order valence-corrected chi connectivity index (χ1v) is 11.1. The topological polar surface area (TPSA) is 91.6 Å². The van der Waals surface area contributed by atoms with Crippen molar-refractivity contribution in [2.45, 2.75) is 18.9 Å². The van der Waals surface area contributed by atoms with E-state index in [9.17, 15) is 14.4 Å². The Morgan fingerprint density at radius 1 is 0.972 bits per heavy atom. The number of carbonyl (C=O) groups is 3. The summed E-state index contributed by atoms with van der Waals surface area (Å²) in [5.41, 5.74) is -1.63. The summed E-state index contributed by atoms with van der Waals surface area (Å²) < 4.78 is 31.6. The van der Waals surface area contributed by atoms with Crippen LogP contribution in [0.15, 0.2) is 48.8 Å². The van der Waals surface area contributed by atoms with E-state index < -0.39 is 47.1 Å². The van der Waals surface area contributed by atoms with Gasteiger partial charge in [-0.15, -0.1) is 5.10 Å². The predicted octanol–water partition coefficient (Wildman–Crippen LogP) is 2.46. The summed E-state index contributed by atoms with van der Waals surface area (Å²) in [4.78, 5) is 46.7. The van der Waals surface area contributed by atoms with E-state index >= 15 is 8.78 Å². The fourth-order valence-corrected chi connectivity index (χ4v) is 4.41. The van der Waals surface area contributed by atoms with Crippen molar-refractivity contribution < 1.29 is 23.2 Å². The minimum atomic E-state index is -1.55. The lowest BCUT2D eigenvalue weighted by atomic mass is 9.88. The monoisotopic (exact) mass is 490 g/mol. The maximum atomic E-state index is 15.1. The fourth-order valence-electron chi connectivity index (χ4n) is 4.41. The van der Waals surface area contributed by atoms with E-state index in [0.29, 0.717) is 10.5 Å². The molecule has 4 amide bonds. The Balaban J connectivity index is 1.44. The van der Waals surface area contributed by atoms with Gasteiger partial charge in [0.15, 0.2) is 11.6 Å². The van der Waals surface area contributed by atoms with Gasteiger partial charge >= 0.3 is 6.03 Å². The van der Waals surface area contributed by atoms with E-state index in [1.807, 2.05) is 6.07 Å². The number of halogens is 2. The summed E-state index contributed by atoms with van der Waals surface area (Å²) in [6.07, 6.45) is 0.963. The molecule has 0 N–H and O–H groups in total. The van der Waals surface area contributed by atoms with Crippen molar-refractivity contribution in [1.82, 2.24) is 19.7 Å². The van der Waals surface area contributed by atoms with Crippen LogP contribution in [-0.4, -0.2) is 56.1 Å². The highest BCUT2D eigenvalue weighted by molar-refractivity contribution is 6.20. The van der Waals surface area contributed by atoms with Crippen molar-refractivity contribution >= 4 is 29.5 Å². The molecule has 0 radical (unpaired) electrons. The van der Waals surface area contributed by atoms with Gasteiger partial charge < -0.3 is 4.90 Å². The summed E-state index contributed by atoms with van der Waals surface area (Å²) in [5.74, 6) is 1.97. The number of carbonyl (C=O) groups excluding carboxylic acids is 3. The van der Waals surface area contributed by atoms with E-state index in [4.69, 9.17) is 0 Å². The molecule has 36 heavy (non-hydrogen) atoms. The minimum absolute atomic E-state index is 0.0208. The number of aryl methyl sites for hydroxylation is 1. The number of anilines is 2. The lowest BCUT2D eigenvalue weighted by Crippen LogP contribution is -2.73. The third kappa shape index (κ3) is 3.76. The Morgan fingerprint density at radius 2 is 1.64 bits per heavy atom. The lowest BCUT2D eigenvalue weighted by molar-refractivity contribution is -0.137. The molecule has 1 atom stereocenters. The molecule has 182 valence electrons. The Hall–Kier alpha value is -4.59. The Bertz CT molecular complexity index is 1440. The molecular formula is C25H20F2N6O3. The van der Waals surface area contributed by atoms with E-state index in [0.717, 1.165) is 17.0 Å². The van der Waals surface area contributed by atoms with Gasteiger partial charge in [0.1, 0.15) is 17.6 Å². The van der Waals surface area contributed by atoms with Crippen LogP contribution in [0.5, 0.6) is 0 Å². The molecule has 2 fully saturated rings. The zero-order valence-electron chi connectivity index (χ0n) is 19.4. The molecule has 3 aromatic rings. The van der Waals surface area contributed by atoms with Gasteiger partial charge in [-0.2, -0.15) is 0 Å². The van der Waals surface area contributed by atoms with Gasteiger partial charge in [-0.1, -0.05) is 30.0 Å². The molecule has 5 rings (SSSR count). The van der Waals surface area contributed by atoms with Crippen LogP contribution < -0.4 is 9.80 Å². The van der Waals surface area contributed by atoms with Crippen LogP contribution in [0.2, 0.25) is 0 Å². The summed E-state index contributed by atoms with van der Waals surface area (Å²) in [7, 11) is 1.64. The van der Waals surface area contributed by atoms with Gasteiger partial charge in [0.05, 0.1) is 6.42 Å². The van der Waals surface area contributed by atoms with E-state index in [1.54, 1.807) is 31.3 Å². The Morgan fingerprint density at radius 3 is 2.28 bits per heavy atom. The van der Waals surface area contributed by atoms with Crippen LogP contribution in [0.1, 0.15) is 24.5 Å². The molecule has 3 heterocycles. The maximum absolute atomic E-state index is 15.1. The van der Waals surface area contributed by atoms with Gasteiger partial charge in [-0.05, 0) is 31.2 Å². The Kier molecular flexibility index (Phi) is 5.51. The third-order valence-electron chi connectivity index (χ3n) is 6.21. The number of urea groups is 1. The molecule has 2 aliphatic rings. The number of rotatable bonds is 2. The SMILES string of the molecule is Cn1cnc(N2CCN3C(=O)N(c4c(F)cc(C#Cc5ccccc5)cc4F)C(=O)C[C@@]3(C)C2=O)n1. The molecule has 2 aromatic carbocycles. The molecule has 0 saturated carbocycles. The average molecular weight is 490 g/mol. The van der Waals surface area contributed by atoms with Crippen LogP contribution in [0.3, 0.4) is 0 Å². The first-order chi connectivity index (χ1) is 17.2. The molecule has 9 nitrogen and oxygen atoms in total. The predicted molar refractivity (Wildman–Crippen MR) is 125 cm³/mol. The highest BCUT2D eigenvalue weighted by atomic mass is 19.1. The Labute approximate surface area is 204 Å². The maximum Gasteiger partial charge on any atom is 0.332 e. The number of hydrogen-bond donors (Lipinski definition) is 0. The summed E-state index contributed by atoms with van der Waals surface area (Å²) in [5, 5.41) is 4.12. The summed E-state index contributed by atoms with van der Waals surface area (Å²) in [6, 6.07) is 9.86. The molecule has 1 aromatic heterocycles. The van der Waals surface area contributed by atoms with Crippen molar-refractivity contribution in [3.8, 4) is 11.8 Å². The molecule has 2 saturated heterocycles. The largest absolute Gasteiger partial charge is 0.332 e.